The van der Waals surface area contributed by atoms with Crippen LogP contribution in [0, 0.1) is 0 Å². The number of carbonyl (C=O) groups is 2. The summed E-state index contributed by atoms with van der Waals surface area (Å²) in [5, 5.41) is 0. The molecule has 1 aliphatic rings. The first-order valence-electron chi connectivity index (χ1n) is 5.88. The predicted molar refractivity (Wildman–Crippen MR) is 71.2 cm³/mol. The van der Waals surface area contributed by atoms with Gasteiger partial charge < -0.3 is 4.42 Å². The minimum atomic E-state index is -0.315. The molecule has 0 atom stereocenters. The van der Waals surface area contributed by atoms with Crippen molar-refractivity contribution in [3.63, 3.8) is 0 Å². The van der Waals surface area contributed by atoms with Crippen molar-refractivity contribution in [2.75, 3.05) is 4.90 Å². The fourth-order valence-electron chi connectivity index (χ4n) is 2.21. The van der Waals surface area contributed by atoms with Crippen LogP contribution < -0.4 is 4.90 Å². The molecule has 0 unspecified atom stereocenters. The Kier molecular flexibility index (Phi) is 2.56. The third kappa shape index (κ3) is 1.78. The summed E-state index contributed by atoms with van der Waals surface area (Å²) < 4.78 is 5.22. The number of hydrogen-bond donors (Lipinski definition) is 0. The van der Waals surface area contributed by atoms with Gasteiger partial charge in [0.2, 0.25) is 5.91 Å². The Balaban J connectivity index is 2.17. The SMILES string of the molecule is CC(=O)N1C(=O)/C(=C/c2ccco2)c2ccccc21. The van der Waals surface area contributed by atoms with Gasteiger partial charge in [-0.2, -0.15) is 0 Å². The molecule has 4 heteroatoms. The number of anilines is 1. The standard InChI is InChI=1S/C15H11NO3/c1-10(17)16-14-7-3-2-6-12(14)13(15(16)18)9-11-5-4-8-19-11/h2-9H,1H3/b13-9+. The van der Waals surface area contributed by atoms with Gasteiger partial charge in [-0.1, -0.05) is 18.2 Å². The van der Waals surface area contributed by atoms with E-state index in [9.17, 15) is 9.59 Å². The Labute approximate surface area is 109 Å². The van der Waals surface area contributed by atoms with E-state index in [0.29, 0.717) is 17.0 Å². The van der Waals surface area contributed by atoms with E-state index >= 15 is 0 Å². The molecule has 94 valence electrons. The van der Waals surface area contributed by atoms with Crippen LogP contribution in [-0.2, 0) is 9.59 Å². The van der Waals surface area contributed by atoms with Crippen molar-refractivity contribution in [2.24, 2.45) is 0 Å². The molecule has 2 heterocycles. The van der Waals surface area contributed by atoms with Crippen LogP contribution in [0.1, 0.15) is 18.2 Å². The fraction of sp³-hybridized carbons (Fsp3) is 0.0667. The molecule has 19 heavy (non-hydrogen) atoms. The van der Waals surface area contributed by atoms with Crippen LogP contribution >= 0.6 is 0 Å². The average molecular weight is 253 g/mol. The minimum Gasteiger partial charge on any atom is -0.465 e. The summed E-state index contributed by atoms with van der Waals surface area (Å²) >= 11 is 0. The van der Waals surface area contributed by atoms with E-state index in [0.717, 1.165) is 5.56 Å². The van der Waals surface area contributed by atoms with Crippen LogP contribution in [0.5, 0.6) is 0 Å². The number of hydrogen-bond acceptors (Lipinski definition) is 3. The maximum atomic E-state index is 12.3. The largest absolute Gasteiger partial charge is 0.465 e. The molecule has 0 saturated carbocycles. The second-order valence-corrected chi connectivity index (χ2v) is 4.25. The topological polar surface area (TPSA) is 50.5 Å². The third-order valence-electron chi connectivity index (χ3n) is 3.01. The lowest BCUT2D eigenvalue weighted by Crippen LogP contribution is -2.30. The second kappa shape index (κ2) is 4.24. The highest BCUT2D eigenvalue weighted by Crippen LogP contribution is 2.37. The van der Waals surface area contributed by atoms with Crippen molar-refractivity contribution in [1.29, 1.82) is 0 Å². The Bertz CT molecular complexity index is 683. The van der Waals surface area contributed by atoms with E-state index in [4.69, 9.17) is 4.42 Å². The molecule has 2 aromatic rings. The third-order valence-corrected chi connectivity index (χ3v) is 3.01. The van der Waals surface area contributed by atoms with Gasteiger partial charge in [-0.3, -0.25) is 9.59 Å². The van der Waals surface area contributed by atoms with Gasteiger partial charge in [0, 0.05) is 12.5 Å². The molecule has 1 aromatic heterocycles. The Hall–Kier alpha value is -2.62. The molecule has 1 aliphatic heterocycles. The van der Waals surface area contributed by atoms with Crippen molar-refractivity contribution in [3.8, 4) is 0 Å². The number of carbonyl (C=O) groups excluding carboxylic acids is 2. The minimum absolute atomic E-state index is 0.291. The zero-order valence-electron chi connectivity index (χ0n) is 10.3. The Morgan fingerprint density at radius 2 is 2.00 bits per heavy atom. The van der Waals surface area contributed by atoms with Gasteiger partial charge in [0.1, 0.15) is 5.76 Å². The highest BCUT2D eigenvalue weighted by Gasteiger charge is 2.34. The van der Waals surface area contributed by atoms with Gasteiger partial charge in [-0.25, -0.2) is 4.90 Å². The summed E-state index contributed by atoms with van der Waals surface area (Å²) in [6, 6.07) is 10.7. The summed E-state index contributed by atoms with van der Waals surface area (Å²) in [4.78, 5) is 25.1. The normalized spacial score (nSPS) is 15.9. The average Bonchev–Trinajstić information content (AvgIpc) is 2.97. The number of amides is 2. The van der Waals surface area contributed by atoms with E-state index in [-0.39, 0.29) is 11.8 Å². The van der Waals surface area contributed by atoms with E-state index in [1.165, 1.54) is 11.8 Å². The highest BCUT2D eigenvalue weighted by molar-refractivity contribution is 6.41. The molecule has 0 N–H and O–H groups in total. The van der Waals surface area contributed by atoms with Gasteiger partial charge in [0.05, 0.1) is 17.5 Å². The van der Waals surface area contributed by atoms with Gasteiger partial charge in [0.25, 0.3) is 5.91 Å². The number of fused-ring (bicyclic) bond motifs is 1. The number of para-hydroxylation sites is 1. The first-order valence-corrected chi connectivity index (χ1v) is 5.88. The maximum absolute atomic E-state index is 12.3. The summed E-state index contributed by atoms with van der Waals surface area (Å²) in [5.41, 5.74) is 1.85. The van der Waals surface area contributed by atoms with E-state index in [1.807, 2.05) is 12.1 Å². The Morgan fingerprint density at radius 3 is 2.68 bits per heavy atom. The van der Waals surface area contributed by atoms with E-state index < -0.39 is 0 Å². The van der Waals surface area contributed by atoms with Crippen LogP contribution in [0.2, 0.25) is 0 Å². The lowest BCUT2D eigenvalue weighted by molar-refractivity contribution is -0.122. The first-order chi connectivity index (χ1) is 9.18. The van der Waals surface area contributed by atoms with Crippen LogP contribution in [0.4, 0.5) is 5.69 Å². The van der Waals surface area contributed by atoms with Crippen molar-refractivity contribution in [3.05, 3.63) is 54.0 Å². The molecule has 0 fully saturated rings. The molecule has 1 aromatic carbocycles. The molecule has 2 amide bonds. The molecule has 0 spiro atoms. The zero-order valence-corrected chi connectivity index (χ0v) is 10.3. The number of rotatable bonds is 1. The Morgan fingerprint density at radius 1 is 1.21 bits per heavy atom. The summed E-state index contributed by atoms with van der Waals surface area (Å²) in [6.07, 6.45) is 3.20. The number of furan rings is 1. The fourth-order valence-corrected chi connectivity index (χ4v) is 2.21. The summed E-state index contributed by atoms with van der Waals surface area (Å²) in [6.45, 7) is 1.38. The molecule has 0 saturated heterocycles. The lowest BCUT2D eigenvalue weighted by atomic mass is 10.1. The van der Waals surface area contributed by atoms with Crippen molar-refractivity contribution in [2.45, 2.75) is 6.92 Å². The van der Waals surface area contributed by atoms with Crippen molar-refractivity contribution < 1.29 is 14.0 Å². The molecular weight excluding hydrogens is 242 g/mol. The van der Waals surface area contributed by atoms with Crippen LogP contribution in [-0.4, -0.2) is 11.8 Å². The quantitative estimate of drug-likeness (QED) is 0.734. The number of benzene rings is 1. The molecular formula is C15H11NO3. The maximum Gasteiger partial charge on any atom is 0.265 e. The van der Waals surface area contributed by atoms with Crippen LogP contribution in [0.25, 0.3) is 11.6 Å². The summed E-state index contributed by atoms with van der Waals surface area (Å²) in [7, 11) is 0. The number of nitrogens with zero attached hydrogens (tertiary/aromatic N) is 1. The first kappa shape index (κ1) is 11.5. The zero-order chi connectivity index (χ0) is 13.4. The van der Waals surface area contributed by atoms with Gasteiger partial charge >= 0.3 is 0 Å². The van der Waals surface area contributed by atoms with Crippen LogP contribution in [0.15, 0.2) is 47.1 Å². The van der Waals surface area contributed by atoms with E-state index in [1.54, 1.807) is 36.6 Å². The molecule has 4 nitrogen and oxygen atoms in total. The van der Waals surface area contributed by atoms with E-state index in [2.05, 4.69) is 0 Å². The van der Waals surface area contributed by atoms with Crippen LogP contribution in [0.3, 0.4) is 0 Å². The smallest absolute Gasteiger partial charge is 0.265 e. The lowest BCUT2D eigenvalue weighted by Gasteiger charge is -2.11. The molecule has 0 aliphatic carbocycles. The number of imide groups is 1. The predicted octanol–water partition coefficient (Wildman–Crippen LogP) is 2.71. The molecule has 0 radical (unpaired) electrons. The summed E-state index contributed by atoms with van der Waals surface area (Å²) in [5.74, 6) is -0.0195. The highest BCUT2D eigenvalue weighted by atomic mass is 16.3. The van der Waals surface area contributed by atoms with Crippen molar-refractivity contribution >= 4 is 29.2 Å². The second-order valence-electron chi connectivity index (χ2n) is 4.25. The van der Waals surface area contributed by atoms with Gasteiger partial charge in [-0.05, 0) is 24.3 Å². The molecule has 3 rings (SSSR count). The van der Waals surface area contributed by atoms with Crippen molar-refractivity contribution in [1.82, 2.24) is 0 Å². The van der Waals surface area contributed by atoms with Gasteiger partial charge in [-0.15, -0.1) is 0 Å². The monoisotopic (exact) mass is 253 g/mol. The molecule has 0 bridgehead atoms. The van der Waals surface area contributed by atoms with Gasteiger partial charge in [0.15, 0.2) is 0 Å².